The van der Waals surface area contributed by atoms with E-state index >= 15 is 0 Å². The SMILES string of the molecule is O=C(CN1CCN(S(=O)(=O)c2ccc(F)c(Cl)c2)CC1)NC12CC3CC(CC(C3)C1)C2. The lowest BCUT2D eigenvalue weighted by molar-refractivity contribution is -0.128. The first-order valence-corrected chi connectivity index (χ1v) is 13.0. The zero-order valence-electron chi connectivity index (χ0n) is 17.5. The molecule has 1 amide bonds. The minimum Gasteiger partial charge on any atom is -0.350 e. The first-order valence-electron chi connectivity index (χ1n) is 11.2. The van der Waals surface area contributed by atoms with E-state index < -0.39 is 15.8 Å². The molecule has 1 N–H and O–H groups in total. The molecule has 5 aliphatic rings. The van der Waals surface area contributed by atoms with Crippen molar-refractivity contribution in [3.05, 3.63) is 29.0 Å². The number of carbonyl (C=O) groups excluding carboxylic acids is 1. The van der Waals surface area contributed by atoms with Crippen molar-refractivity contribution in [2.24, 2.45) is 17.8 Å². The van der Waals surface area contributed by atoms with Crippen molar-refractivity contribution >= 4 is 27.5 Å². The molecule has 4 bridgehead atoms. The zero-order valence-corrected chi connectivity index (χ0v) is 19.1. The van der Waals surface area contributed by atoms with Gasteiger partial charge in [-0.05, 0) is 74.5 Å². The summed E-state index contributed by atoms with van der Waals surface area (Å²) in [7, 11) is -3.73. The highest BCUT2D eigenvalue weighted by Crippen LogP contribution is 2.55. The molecule has 1 aliphatic heterocycles. The Bertz CT molecular complexity index is 943. The number of sulfonamides is 1. The van der Waals surface area contributed by atoms with E-state index in [2.05, 4.69) is 5.32 Å². The number of nitrogens with zero attached hydrogens (tertiary/aromatic N) is 2. The smallest absolute Gasteiger partial charge is 0.243 e. The van der Waals surface area contributed by atoms with Gasteiger partial charge in [0.05, 0.1) is 16.5 Å². The largest absolute Gasteiger partial charge is 0.350 e. The van der Waals surface area contributed by atoms with Crippen molar-refractivity contribution in [2.45, 2.75) is 49.0 Å². The molecule has 1 aromatic carbocycles. The van der Waals surface area contributed by atoms with Crippen LogP contribution in [0.15, 0.2) is 23.1 Å². The van der Waals surface area contributed by atoms with Gasteiger partial charge in [-0.1, -0.05) is 11.6 Å². The summed E-state index contributed by atoms with van der Waals surface area (Å²) in [5.41, 5.74) is -0.00114. The highest BCUT2D eigenvalue weighted by molar-refractivity contribution is 7.89. The Balaban J connectivity index is 1.16. The third kappa shape index (κ3) is 4.24. The Hall–Kier alpha value is -1.22. The van der Waals surface area contributed by atoms with Crippen molar-refractivity contribution in [3.8, 4) is 0 Å². The van der Waals surface area contributed by atoms with Gasteiger partial charge in [0.15, 0.2) is 0 Å². The molecular weight excluding hydrogens is 441 g/mol. The molecule has 6 nitrogen and oxygen atoms in total. The van der Waals surface area contributed by atoms with Gasteiger partial charge >= 0.3 is 0 Å². The second kappa shape index (κ2) is 7.97. The fourth-order valence-electron chi connectivity index (χ4n) is 6.72. The van der Waals surface area contributed by atoms with E-state index in [9.17, 15) is 17.6 Å². The summed E-state index contributed by atoms with van der Waals surface area (Å²) in [4.78, 5) is 14.8. The predicted molar refractivity (Wildman–Crippen MR) is 116 cm³/mol. The number of piperazine rings is 1. The number of benzene rings is 1. The van der Waals surface area contributed by atoms with Crippen LogP contribution in [0.5, 0.6) is 0 Å². The van der Waals surface area contributed by atoms with Crippen LogP contribution in [0, 0.1) is 23.6 Å². The van der Waals surface area contributed by atoms with E-state index in [1.54, 1.807) is 0 Å². The number of amides is 1. The van der Waals surface area contributed by atoms with Gasteiger partial charge in [-0.25, -0.2) is 12.8 Å². The third-order valence-corrected chi connectivity index (χ3v) is 9.85. The van der Waals surface area contributed by atoms with Crippen LogP contribution in [-0.2, 0) is 14.8 Å². The molecule has 170 valence electrons. The van der Waals surface area contributed by atoms with Crippen LogP contribution in [0.1, 0.15) is 38.5 Å². The summed E-state index contributed by atoms with van der Waals surface area (Å²) < 4.78 is 40.5. The van der Waals surface area contributed by atoms with Crippen molar-refractivity contribution in [3.63, 3.8) is 0 Å². The maximum Gasteiger partial charge on any atom is 0.243 e. The Kier molecular flexibility index (Phi) is 5.56. The minimum atomic E-state index is -3.73. The van der Waals surface area contributed by atoms with E-state index in [0.29, 0.717) is 32.7 Å². The Morgan fingerprint density at radius 2 is 1.65 bits per heavy atom. The maximum atomic E-state index is 13.4. The quantitative estimate of drug-likeness (QED) is 0.720. The number of nitrogens with one attached hydrogen (secondary N) is 1. The predicted octanol–water partition coefficient (Wildman–Crippen LogP) is 2.87. The van der Waals surface area contributed by atoms with Gasteiger partial charge in [0, 0.05) is 31.7 Å². The molecule has 1 saturated heterocycles. The monoisotopic (exact) mass is 469 g/mol. The van der Waals surface area contributed by atoms with Gasteiger partial charge in [0.25, 0.3) is 0 Å². The molecule has 9 heteroatoms. The summed E-state index contributed by atoms with van der Waals surface area (Å²) in [5, 5.41) is 3.18. The van der Waals surface area contributed by atoms with Crippen LogP contribution >= 0.6 is 11.6 Å². The van der Waals surface area contributed by atoms with E-state index in [0.717, 1.165) is 49.1 Å². The highest BCUT2D eigenvalue weighted by atomic mass is 35.5. The topological polar surface area (TPSA) is 69.7 Å². The lowest BCUT2D eigenvalue weighted by atomic mass is 9.53. The molecule has 1 heterocycles. The standard InChI is InChI=1S/C22H29ClFN3O3S/c23-19-10-18(1-2-20(19)24)31(29,30)27-5-3-26(4-6-27)14-21(28)25-22-11-15-7-16(12-22)9-17(8-15)13-22/h1-2,10,15-17H,3-9,11-14H2,(H,25,28). The maximum absolute atomic E-state index is 13.4. The normalized spacial score (nSPS) is 33.5. The van der Waals surface area contributed by atoms with Crippen LogP contribution in [0.2, 0.25) is 5.02 Å². The average Bonchev–Trinajstić information content (AvgIpc) is 2.69. The van der Waals surface area contributed by atoms with Gasteiger partial charge < -0.3 is 5.32 Å². The van der Waals surface area contributed by atoms with E-state index in [4.69, 9.17) is 11.6 Å². The molecule has 0 unspecified atom stereocenters. The van der Waals surface area contributed by atoms with Gasteiger partial charge in [-0.2, -0.15) is 4.31 Å². The van der Waals surface area contributed by atoms with Crippen molar-refractivity contribution in [2.75, 3.05) is 32.7 Å². The summed E-state index contributed by atoms with van der Waals surface area (Å²) >= 11 is 5.76. The van der Waals surface area contributed by atoms with Crippen LogP contribution in [0.25, 0.3) is 0 Å². The highest BCUT2D eigenvalue weighted by Gasteiger charge is 2.51. The van der Waals surface area contributed by atoms with E-state index in [-0.39, 0.29) is 21.4 Å². The number of hydrogen-bond acceptors (Lipinski definition) is 4. The Morgan fingerprint density at radius 1 is 1.06 bits per heavy atom. The second-order valence-electron chi connectivity index (χ2n) is 10.0. The molecule has 0 atom stereocenters. The zero-order chi connectivity index (χ0) is 21.8. The molecule has 4 aliphatic carbocycles. The molecule has 1 aromatic rings. The van der Waals surface area contributed by atoms with Crippen LogP contribution in [0.4, 0.5) is 4.39 Å². The Morgan fingerprint density at radius 3 is 2.19 bits per heavy atom. The molecule has 0 spiro atoms. The summed E-state index contributed by atoms with van der Waals surface area (Å²) in [5.74, 6) is 1.75. The molecule has 5 fully saturated rings. The molecule has 31 heavy (non-hydrogen) atoms. The summed E-state index contributed by atoms with van der Waals surface area (Å²) in [6, 6.07) is 3.46. The van der Waals surface area contributed by atoms with E-state index in [1.165, 1.54) is 29.6 Å². The summed E-state index contributed by atoms with van der Waals surface area (Å²) in [6.45, 7) is 1.87. The van der Waals surface area contributed by atoms with Crippen LogP contribution < -0.4 is 5.32 Å². The van der Waals surface area contributed by atoms with Crippen molar-refractivity contribution in [1.82, 2.24) is 14.5 Å². The molecular formula is C22H29ClFN3O3S. The number of hydrogen-bond donors (Lipinski definition) is 1. The number of rotatable bonds is 5. The first kappa shape index (κ1) is 21.6. The second-order valence-corrected chi connectivity index (χ2v) is 12.3. The Labute approximate surface area is 188 Å². The first-order chi connectivity index (χ1) is 14.7. The average molecular weight is 470 g/mol. The number of halogens is 2. The number of carbonyl (C=O) groups is 1. The molecule has 0 aromatic heterocycles. The lowest BCUT2D eigenvalue weighted by Gasteiger charge is -2.57. The molecule has 6 rings (SSSR count). The van der Waals surface area contributed by atoms with Gasteiger partial charge in [0.2, 0.25) is 15.9 Å². The van der Waals surface area contributed by atoms with Gasteiger partial charge in [-0.15, -0.1) is 0 Å². The van der Waals surface area contributed by atoms with Crippen molar-refractivity contribution < 1.29 is 17.6 Å². The fraction of sp³-hybridized carbons (Fsp3) is 0.682. The summed E-state index contributed by atoms with van der Waals surface area (Å²) in [6.07, 6.45) is 7.38. The fourth-order valence-corrected chi connectivity index (χ4v) is 8.41. The minimum absolute atomic E-state index is 0.00114. The molecule has 4 saturated carbocycles. The third-order valence-electron chi connectivity index (χ3n) is 7.67. The van der Waals surface area contributed by atoms with Crippen LogP contribution in [-0.4, -0.2) is 61.8 Å². The lowest BCUT2D eigenvalue weighted by Crippen LogP contribution is -2.61. The van der Waals surface area contributed by atoms with E-state index in [1.807, 2.05) is 4.90 Å². The molecule has 0 radical (unpaired) electrons. The van der Waals surface area contributed by atoms with Gasteiger partial charge in [0.1, 0.15) is 5.82 Å². The van der Waals surface area contributed by atoms with Gasteiger partial charge in [-0.3, -0.25) is 9.69 Å². The van der Waals surface area contributed by atoms with Crippen LogP contribution in [0.3, 0.4) is 0 Å². The van der Waals surface area contributed by atoms with Crippen molar-refractivity contribution in [1.29, 1.82) is 0 Å².